The number of hydrogen-bond acceptors (Lipinski definition) is 4. The summed E-state index contributed by atoms with van der Waals surface area (Å²) < 4.78 is 57.1. The number of alkyl halides is 3. The Morgan fingerprint density at radius 3 is 2.50 bits per heavy atom. The Kier molecular flexibility index (Phi) is 6.65. The van der Waals surface area contributed by atoms with Crippen molar-refractivity contribution in [3.63, 3.8) is 0 Å². The Bertz CT molecular complexity index is 1210. The molecule has 3 N–H and O–H groups in total. The van der Waals surface area contributed by atoms with Gasteiger partial charge >= 0.3 is 18.0 Å². The van der Waals surface area contributed by atoms with Crippen molar-refractivity contribution in [2.45, 2.75) is 44.0 Å². The number of nitrogens with one attached hydrogen (secondary N) is 3. The number of rotatable bonds is 4. The van der Waals surface area contributed by atoms with Crippen LogP contribution in [0.4, 0.5) is 23.2 Å². The maximum Gasteiger partial charge on any atom is 0.417 e. The third-order valence-electron chi connectivity index (χ3n) is 5.54. The average molecular weight is 499 g/mol. The van der Waals surface area contributed by atoms with Crippen LogP contribution in [0.25, 0.3) is 10.9 Å². The van der Waals surface area contributed by atoms with Gasteiger partial charge in [0.2, 0.25) is 5.88 Å². The predicted molar refractivity (Wildman–Crippen MR) is 116 cm³/mol. The molecule has 0 unspecified atom stereocenters. The normalized spacial score (nSPS) is 18.5. The highest BCUT2D eigenvalue weighted by Gasteiger charge is 2.31. The van der Waals surface area contributed by atoms with Gasteiger partial charge in [-0.05, 0) is 43.9 Å². The zero-order chi connectivity index (χ0) is 24.5. The standard InChI is InChI=1S/C22H19ClF4N4O3/c23-15-7-14-17(8-16(15)24)28-10-18(14)31-21(33)20(32)30-12-2-4-13(5-3-12)34-19-6-1-11(9-29-19)22(25,26)27/h1,6-10,12-13,28H,2-5H2,(H,30,32)(H,31,33). The Hall–Kier alpha value is -3.34. The number of hydrogen-bond donors (Lipinski definition) is 3. The summed E-state index contributed by atoms with van der Waals surface area (Å²) in [5, 5.41) is 5.49. The minimum absolute atomic E-state index is 0.0959. The van der Waals surface area contributed by atoms with Gasteiger partial charge < -0.3 is 20.4 Å². The van der Waals surface area contributed by atoms with Gasteiger partial charge in [0.25, 0.3) is 0 Å². The van der Waals surface area contributed by atoms with Gasteiger partial charge in [0, 0.05) is 29.9 Å². The van der Waals surface area contributed by atoms with Crippen LogP contribution in [0.15, 0.2) is 36.7 Å². The topological polar surface area (TPSA) is 96.1 Å². The molecule has 1 aliphatic carbocycles. The summed E-state index contributed by atoms with van der Waals surface area (Å²) in [6, 6.07) is 4.36. The van der Waals surface area contributed by atoms with Gasteiger partial charge in [0.15, 0.2) is 0 Å². The van der Waals surface area contributed by atoms with Crippen molar-refractivity contribution >= 4 is 40.0 Å². The van der Waals surface area contributed by atoms with Crippen molar-refractivity contribution in [3.8, 4) is 5.88 Å². The van der Waals surface area contributed by atoms with E-state index in [4.69, 9.17) is 16.3 Å². The highest BCUT2D eigenvalue weighted by molar-refractivity contribution is 6.40. The molecule has 2 heterocycles. The molecule has 0 atom stereocenters. The molecule has 1 aliphatic rings. The first-order valence-corrected chi connectivity index (χ1v) is 10.8. The van der Waals surface area contributed by atoms with E-state index in [0.717, 1.165) is 12.3 Å². The van der Waals surface area contributed by atoms with Crippen LogP contribution < -0.4 is 15.4 Å². The van der Waals surface area contributed by atoms with Gasteiger partial charge in [-0.25, -0.2) is 9.37 Å². The van der Waals surface area contributed by atoms with Crippen molar-refractivity contribution in [1.82, 2.24) is 15.3 Å². The second-order valence-corrected chi connectivity index (χ2v) is 8.32. The number of H-pyrrole nitrogens is 1. The number of benzene rings is 1. The third-order valence-corrected chi connectivity index (χ3v) is 5.83. The van der Waals surface area contributed by atoms with Crippen LogP contribution >= 0.6 is 11.6 Å². The van der Waals surface area contributed by atoms with Crippen molar-refractivity contribution in [3.05, 3.63) is 53.1 Å². The molecule has 0 bridgehead atoms. The molecule has 4 rings (SSSR count). The van der Waals surface area contributed by atoms with Gasteiger partial charge in [-0.3, -0.25) is 9.59 Å². The van der Waals surface area contributed by atoms with Gasteiger partial charge in [-0.2, -0.15) is 13.2 Å². The van der Waals surface area contributed by atoms with E-state index in [2.05, 4.69) is 20.6 Å². The lowest BCUT2D eigenvalue weighted by atomic mass is 9.93. The number of fused-ring (bicyclic) bond motifs is 1. The van der Waals surface area contributed by atoms with E-state index in [-0.39, 0.29) is 28.7 Å². The summed E-state index contributed by atoms with van der Waals surface area (Å²) in [7, 11) is 0. The van der Waals surface area contributed by atoms with E-state index >= 15 is 0 Å². The molecule has 1 saturated carbocycles. The minimum Gasteiger partial charge on any atom is -0.474 e. The molecular formula is C22H19ClF4N4O3. The van der Waals surface area contributed by atoms with Gasteiger partial charge in [0.05, 0.1) is 21.8 Å². The quantitative estimate of drug-likeness (QED) is 0.355. The van der Waals surface area contributed by atoms with Gasteiger partial charge in [0.1, 0.15) is 11.9 Å². The molecule has 7 nitrogen and oxygen atoms in total. The molecule has 1 fully saturated rings. The van der Waals surface area contributed by atoms with Crippen molar-refractivity contribution in [2.24, 2.45) is 0 Å². The first-order valence-electron chi connectivity index (χ1n) is 10.4. The van der Waals surface area contributed by atoms with Crippen LogP contribution in [0.1, 0.15) is 31.2 Å². The maximum absolute atomic E-state index is 13.6. The number of nitrogens with zero attached hydrogens (tertiary/aromatic N) is 1. The first-order chi connectivity index (χ1) is 16.1. The molecule has 0 radical (unpaired) electrons. The summed E-state index contributed by atoms with van der Waals surface area (Å²) in [4.78, 5) is 31.2. The number of aromatic nitrogens is 2. The van der Waals surface area contributed by atoms with E-state index in [9.17, 15) is 27.2 Å². The lowest BCUT2D eigenvalue weighted by Crippen LogP contribution is -2.44. The number of anilines is 1. The lowest BCUT2D eigenvalue weighted by molar-refractivity contribution is -0.137. The first kappa shape index (κ1) is 23.8. The van der Waals surface area contributed by atoms with Crippen LogP contribution in [-0.4, -0.2) is 33.9 Å². The van der Waals surface area contributed by atoms with Crippen molar-refractivity contribution in [1.29, 1.82) is 0 Å². The fourth-order valence-electron chi connectivity index (χ4n) is 3.76. The Morgan fingerprint density at radius 2 is 1.85 bits per heavy atom. The molecule has 2 amide bonds. The van der Waals surface area contributed by atoms with Crippen LogP contribution in [0, 0.1) is 5.82 Å². The maximum atomic E-state index is 13.6. The van der Waals surface area contributed by atoms with Crippen molar-refractivity contribution in [2.75, 3.05) is 5.32 Å². The second kappa shape index (κ2) is 9.49. The highest BCUT2D eigenvalue weighted by atomic mass is 35.5. The Balaban J connectivity index is 1.26. The van der Waals surface area contributed by atoms with E-state index in [0.29, 0.717) is 36.6 Å². The summed E-state index contributed by atoms with van der Waals surface area (Å²) >= 11 is 5.79. The van der Waals surface area contributed by atoms with Gasteiger partial charge in [-0.1, -0.05) is 11.6 Å². The lowest BCUT2D eigenvalue weighted by Gasteiger charge is -2.29. The van der Waals surface area contributed by atoms with Crippen LogP contribution in [0.2, 0.25) is 5.02 Å². The highest BCUT2D eigenvalue weighted by Crippen LogP contribution is 2.30. The van der Waals surface area contributed by atoms with E-state index in [1.165, 1.54) is 24.4 Å². The molecule has 2 aromatic heterocycles. The number of amides is 2. The molecule has 0 saturated heterocycles. The fourth-order valence-corrected chi connectivity index (χ4v) is 3.93. The number of aromatic amines is 1. The van der Waals surface area contributed by atoms with E-state index in [1.807, 2.05) is 0 Å². The third kappa shape index (κ3) is 5.41. The molecule has 12 heteroatoms. The Labute approximate surface area is 195 Å². The predicted octanol–water partition coefficient (Wildman–Crippen LogP) is 4.82. The largest absolute Gasteiger partial charge is 0.474 e. The molecule has 180 valence electrons. The van der Waals surface area contributed by atoms with Crippen LogP contribution in [-0.2, 0) is 15.8 Å². The van der Waals surface area contributed by atoms with Crippen LogP contribution in [0.3, 0.4) is 0 Å². The van der Waals surface area contributed by atoms with Crippen molar-refractivity contribution < 1.29 is 31.9 Å². The molecule has 3 aromatic rings. The summed E-state index contributed by atoms with van der Waals surface area (Å²) in [6.45, 7) is 0. The number of ether oxygens (including phenoxy) is 1. The number of pyridine rings is 1. The van der Waals surface area contributed by atoms with Gasteiger partial charge in [-0.15, -0.1) is 0 Å². The smallest absolute Gasteiger partial charge is 0.417 e. The second-order valence-electron chi connectivity index (χ2n) is 7.92. The molecule has 1 aromatic carbocycles. The number of carbonyl (C=O) groups is 2. The summed E-state index contributed by atoms with van der Waals surface area (Å²) in [5.74, 6) is -2.22. The average Bonchev–Trinajstić information content (AvgIpc) is 3.16. The zero-order valence-electron chi connectivity index (χ0n) is 17.5. The molecule has 34 heavy (non-hydrogen) atoms. The molecular weight excluding hydrogens is 480 g/mol. The fraction of sp³-hybridized carbons (Fsp3) is 0.318. The minimum atomic E-state index is -4.47. The van der Waals surface area contributed by atoms with E-state index in [1.54, 1.807) is 0 Å². The number of carbonyl (C=O) groups excluding carboxylic acids is 2. The number of halogens is 5. The Morgan fingerprint density at radius 1 is 1.12 bits per heavy atom. The molecule has 0 aliphatic heterocycles. The zero-order valence-corrected chi connectivity index (χ0v) is 18.3. The SMILES string of the molecule is O=C(Nc1c[nH]c2cc(F)c(Cl)cc12)C(=O)NC1CCC(Oc2ccc(C(F)(F)F)cn2)CC1. The van der Waals surface area contributed by atoms with Crippen LogP contribution in [0.5, 0.6) is 5.88 Å². The van der Waals surface area contributed by atoms with E-state index < -0.39 is 29.4 Å². The monoisotopic (exact) mass is 498 g/mol. The summed E-state index contributed by atoms with van der Waals surface area (Å²) in [6.07, 6.45) is -0.473. The summed E-state index contributed by atoms with van der Waals surface area (Å²) in [5.41, 5.74) is -0.149. The molecule has 0 spiro atoms.